The van der Waals surface area contributed by atoms with E-state index in [0.29, 0.717) is 0 Å². The number of carbonyl (C=O) groups is 2. The summed E-state index contributed by atoms with van der Waals surface area (Å²) in [7, 11) is 0. The first-order valence-electron chi connectivity index (χ1n) is 10.7. The van der Waals surface area contributed by atoms with Crippen LogP contribution in [0.4, 0.5) is 14.5 Å². The van der Waals surface area contributed by atoms with Gasteiger partial charge in [0.05, 0.1) is 12.1 Å². The van der Waals surface area contributed by atoms with E-state index in [1.807, 2.05) is 11.4 Å². The highest BCUT2D eigenvalue weighted by Crippen LogP contribution is 2.33. The molecular formula is C25H24F2N2O2S. The second kappa shape index (κ2) is 10.0. The Bertz CT molecular complexity index is 1080. The van der Waals surface area contributed by atoms with Gasteiger partial charge >= 0.3 is 0 Å². The number of amides is 2. The van der Waals surface area contributed by atoms with Gasteiger partial charge in [0.15, 0.2) is 0 Å². The van der Waals surface area contributed by atoms with Gasteiger partial charge in [-0.05, 0) is 42.5 Å². The van der Waals surface area contributed by atoms with E-state index in [4.69, 9.17) is 0 Å². The van der Waals surface area contributed by atoms with Gasteiger partial charge < -0.3 is 5.32 Å². The third-order valence-electron chi connectivity index (χ3n) is 5.69. The van der Waals surface area contributed by atoms with E-state index in [0.717, 1.165) is 35.5 Å². The first-order valence-corrected chi connectivity index (χ1v) is 11.6. The van der Waals surface area contributed by atoms with Crippen LogP contribution in [0.15, 0.2) is 66.0 Å². The maximum atomic E-state index is 14.9. The summed E-state index contributed by atoms with van der Waals surface area (Å²) in [4.78, 5) is 28.9. The number of para-hydroxylation sites is 1. The largest absolute Gasteiger partial charge is 0.351 e. The highest BCUT2D eigenvalue weighted by molar-refractivity contribution is 7.10. The Morgan fingerprint density at radius 1 is 0.969 bits per heavy atom. The number of nitrogens with one attached hydrogen (secondary N) is 1. The average Bonchev–Trinajstić information content (AvgIpc) is 3.48. The number of nitrogens with zero attached hydrogens (tertiary/aromatic N) is 1. The van der Waals surface area contributed by atoms with E-state index in [2.05, 4.69) is 5.32 Å². The Labute approximate surface area is 189 Å². The van der Waals surface area contributed by atoms with Crippen LogP contribution in [0.5, 0.6) is 0 Å². The summed E-state index contributed by atoms with van der Waals surface area (Å²) < 4.78 is 29.8. The molecule has 0 spiro atoms. The molecule has 0 bridgehead atoms. The molecule has 32 heavy (non-hydrogen) atoms. The summed E-state index contributed by atoms with van der Waals surface area (Å²) in [5.74, 6) is -2.26. The number of benzene rings is 2. The fraction of sp³-hybridized carbons (Fsp3) is 0.280. The molecule has 1 aromatic heterocycles. The molecule has 0 radical (unpaired) electrons. The smallest absolute Gasteiger partial charge is 0.248 e. The van der Waals surface area contributed by atoms with Crippen LogP contribution in [0.3, 0.4) is 0 Å². The molecule has 3 aromatic rings. The number of hydrogen-bond donors (Lipinski definition) is 1. The molecule has 0 saturated heterocycles. The number of rotatable bonds is 7. The van der Waals surface area contributed by atoms with Crippen molar-refractivity contribution in [2.45, 2.75) is 44.2 Å². The lowest BCUT2D eigenvalue weighted by Gasteiger charge is -2.32. The minimum atomic E-state index is -1.33. The van der Waals surface area contributed by atoms with Crippen molar-refractivity contribution < 1.29 is 18.4 Å². The van der Waals surface area contributed by atoms with Crippen molar-refractivity contribution in [2.75, 3.05) is 4.90 Å². The molecule has 2 aromatic carbocycles. The number of carbonyl (C=O) groups excluding carboxylic acids is 2. The van der Waals surface area contributed by atoms with Crippen molar-refractivity contribution in [3.8, 4) is 0 Å². The zero-order valence-corrected chi connectivity index (χ0v) is 18.3. The van der Waals surface area contributed by atoms with Crippen LogP contribution in [0.1, 0.15) is 42.2 Å². The normalized spacial score (nSPS) is 14.8. The summed E-state index contributed by atoms with van der Waals surface area (Å²) in [6.45, 7) is 0. The minimum absolute atomic E-state index is 0.0202. The fourth-order valence-electron chi connectivity index (χ4n) is 4.16. The summed E-state index contributed by atoms with van der Waals surface area (Å²) in [6.07, 6.45) is 3.65. The SMILES string of the molecule is O=C(NC1CCCC1)[C@@H](c1ccccc1F)N(C(=O)Cc1cccs1)c1ccccc1F. The number of hydrogen-bond acceptors (Lipinski definition) is 3. The number of thiophene rings is 1. The van der Waals surface area contributed by atoms with E-state index in [9.17, 15) is 18.4 Å². The van der Waals surface area contributed by atoms with E-state index in [1.54, 1.807) is 18.2 Å². The zero-order chi connectivity index (χ0) is 22.5. The molecule has 0 unspecified atom stereocenters. The van der Waals surface area contributed by atoms with Gasteiger partial charge in [-0.3, -0.25) is 14.5 Å². The third-order valence-corrected chi connectivity index (χ3v) is 6.57. The zero-order valence-electron chi connectivity index (χ0n) is 17.5. The molecule has 4 nitrogen and oxygen atoms in total. The number of halogens is 2. The van der Waals surface area contributed by atoms with E-state index in [-0.39, 0.29) is 23.7 Å². The summed E-state index contributed by atoms with van der Waals surface area (Å²) >= 11 is 1.40. The fourth-order valence-corrected chi connectivity index (χ4v) is 4.85. The summed E-state index contributed by atoms with van der Waals surface area (Å²) in [5, 5.41) is 4.81. The minimum Gasteiger partial charge on any atom is -0.351 e. The molecule has 2 amide bonds. The molecule has 4 rings (SSSR count). The van der Waals surface area contributed by atoms with Crippen LogP contribution in [0.2, 0.25) is 0 Å². The van der Waals surface area contributed by atoms with Gasteiger partial charge in [0.2, 0.25) is 11.8 Å². The Morgan fingerprint density at radius 3 is 2.31 bits per heavy atom. The molecule has 0 aliphatic heterocycles. The maximum absolute atomic E-state index is 14.9. The molecule has 166 valence electrons. The maximum Gasteiger partial charge on any atom is 0.248 e. The molecule has 1 aliphatic carbocycles. The molecule has 1 saturated carbocycles. The number of anilines is 1. The van der Waals surface area contributed by atoms with Gasteiger partial charge in [0.25, 0.3) is 0 Å². The van der Waals surface area contributed by atoms with Gasteiger partial charge in [-0.1, -0.05) is 49.2 Å². The van der Waals surface area contributed by atoms with E-state index >= 15 is 0 Å². The predicted molar refractivity (Wildman–Crippen MR) is 121 cm³/mol. The standard InChI is InChI=1S/C25H24F2N2O2S/c26-20-12-4-3-11-19(20)24(25(31)28-17-8-1-2-9-17)29(22-14-6-5-13-21(22)27)23(30)16-18-10-7-15-32-18/h3-7,10-15,17,24H,1-2,8-9,16H2,(H,28,31)/t24-/m1/s1. The Morgan fingerprint density at radius 2 is 1.66 bits per heavy atom. The van der Waals surface area contributed by atoms with Crippen molar-refractivity contribution in [1.82, 2.24) is 5.32 Å². The van der Waals surface area contributed by atoms with Gasteiger partial charge in [-0.25, -0.2) is 8.78 Å². The van der Waals surface area contributed by atoms with Gasteiger partial charge in [-0.15, -0.1) is 11.3 Å². The van der Waals surface area contributed by atoms with Gasteiger partial charge in [0.1, 0.15) is 17.7 Å². The van der Waals surface area contributed by atoms with Crippen molar-refractivity contribution in [1.29, 1.82) is 0 Å². The van der Waals surface area contributed by atoms with Crippen LogP contribution in [-0.4, -0.2) is 17.9 Å². The first-order chi connectivity index (χ1) is 15.5. The van der Waals surface area contributed by atoms with Crippen molar-refractivity contribution in [3.63, 3.8) is 0 Å². The van der Waals surface area contributed by atoms with E-state index in [1.165, 1.54) is 47.7 Å². The molecule has 1 fully saturated rings. The van der Waals surface area contributed by atoms with Crippen LogP contribution >= 0.6 is 11.3 Å². The molecular weight excluding hydrogens is 430 g/mol. The average molecular weight is 455 g/mol. The highest BCUT2D eigenvalue weighted by Gasteiger charge is 2.36. The van der Waals surface area contributed by atoms with Gasteiger partial charge in [0, 0.05) is 16.5 Å². The van der Waals surface area contributed by atoms with Crippen LogP contribution in [0.25, 0.3) is 0 Å². The second-order valence-corrected chi connectivity index (χ2v) is 8.92. The highest BCUT2D eigenvalue weighted by atomic mass is 32.1. The Hall–Kier alpha value is -3.06. The molecule has 7 heteroatoms. The second-order valence-electron chi connectivity index (χ2n) is 7.89. The summed E-state index contributed by atoms with van der Waals surface area (Å²) in [6, 6.07) is 13.9. The molecule has 1 N–H and O–H groups in total. The molecule has 1 heterocycles. The first kappa shape index (κ1) is 22.1. The Kier molecular flexibility index (Phi) is 6.95. The van der Waals surface area contributed by atoms with Crippen molar-refractivity contribution in [2.24, 2.45) is 0 Å². The third kappa shape index (κ3) is 4.88. The van der Waals surface area contributed by atoms with Gasteiger partial charge in [-0.2, -0.15) is 0 Å². The quantitative estimate of drug-likeness (QED) is 0.520. The predicted octanol–water partition coefficient (Wildman–Crippen LogP) is 5.40. The lowest BCUT2D eigenvalue weighted by molar-refractivity contribution is -0.127. The topological polar surface area (TPSA) is 49.4 Å². The van der Waals surface area contributed by atoms with Crippen LogP contribution in [-0.2, 0) is 16.0 Å². The van der Waals surface area contributed by atoms with E-state index < -0.39 is 29.5 Å². The molecule has 1 aliphatic rings. The van der Waals surface area contributed by atoms with Crippen molar-refractivity contribution >= 4 is 28.8 Å². The molecule has 1 atom stereocenters. The van der Waals surface area contributed by atoms with Crippen molar-refractivity contribution in [3.05, 3.63) is 88.1 Å². The van der Waals surface area contributed by atoms with Crippen LogP contribution < -0.4 is 10.2 Å². The lowest BCUT2D eigenvalue weighted by Crippen LogP contribution is -2.47. The summed E-state index contributed by atoms with van der Waals surface area (Å²) in [5.41, 5.74) is -0.0188. The van der Waals surface area contributed by atoms with Crippen LogP contribution in [0, 0.1) is 11.6 Å². The lowest BCUT2D eigenvalue weighted by atomic mass is 10.0. The Balaban J connectivity index is 1.79. The monoisotopic (exact) mass is 454 g/mol.